The smallest absolute Gasteiger partial charge is 0.326 e. The molecular weight excluding hydrogens is 696 g/mol. The number of aliphatic hydroxyl groups is 1. The Balaban J connectivity index is 3.11. The Morgan fingerprint density at radius 3 is 2.10 bits per heavy atom. The number of guanidine groups is 1. The van der Waals surface area contributed by atoms with Gasteiger partial charge >= 0.3 is 11.9 Å². The maximum absolute atomic E-state index is 13.6. The van der Waals surface area contributed by atoms with Crippen LogP contribution >= 0.6 is 12.6 Å². The van der Waals surface area contributed by atoms with E-state index in [1.165, 1.54) is 0 Å². The first-order valence-corrected chi connectivity index (χ1v) is 16.3. The minimum Gasteiger partial charge on any atom is -0.481 e. The number of aliphatic hydroxyl groups excluding tert-OH is 1. The van der Waals surface area contributed by atoms with E-state index in [0.717, 1.165) is 11.8 Å². The largest absolute Gasteiger partial charge is 0.481 e. The molecule has 0 aromatic rings. The summed E-state index contributed by atoms with van der Waals surface area (Å²) < 4.78 is 0. The van der Waals surface area contributed by atoms with Crippen molar-refractivity contribution in [2.75, 3.05) is 25.4 Å². The quantitative estimate of drug-likeness (QED) is 0.0172. The van der Waals surface area contributed by atoms with Gasteiger partial charge in [-0.3, -0.25) is 38.6 Å². The molecule has 284 valence electrons. The lowest BCUT2D eigenvalue weighted by Crippen LogP contribution is -2.62. The molecule has 0 aromatic heterocycles. The fraction of sp³-hybridized carbons (Fsp3) is 0.621. The molecule has 1 saturated heterocycles. The van der Waals surface area contributed by atoms with Crippen LogP contribution < -0.4 is 43.8 Å². The van der Waals surface area contributed by atoms with Crippen LogP contribution in [0.4, 0.5) is 0 Å². The van der Waals surface area contributed by atoms with Gasteiger partial charge in [-0.25, -0.2) is 4.79 Å². The van der Waals surface area contributed by atoms with Gasteiger partial charge in [0.1, 0.15) is 36.3 Å². The lowest BCUT2D eigenvalue weighted by atomic mass is 10.1. The van der Waals surface area contributed by atoms with Gasteiger partial charge in [-0.1, -0.05) is 0 Å². The Morgan fingerprint density at radius 2 is 1.57 bits per heavy atom. The molecule has 51 heavy (non-hydrogen) atoms. The van der Waals surface area contributed by atoms with Gasteiger partial charge in [-0.2, -0.15) is 12.6 Å². The van der Waals surface area contributed by atoms with Crippen molar-refractivity contribution in [3.05, 3.63) is 0 Å². The predicted octanol–water partition coefficient (Wildman–Crippen LogP) is -5.69. The van der Waals surface area contributed by atoms with Gasteiger partial charge in [0.2, 0.25) is 35.4 Å². The highest BCUT2D eigenvalue weighted by Gasteiger charge is 2.41. The van der Waals surface area contributed by atoms with E-state index in [9.17, 15) is 53.7 Å². The monoisotopic (exact) mass is 742 g/mol. The van der Waals surface area contributed by atoms with Crippen molar-refractivity contribution < 1.29 is 53.7 Å². The number of nitrogens with one attached hydrogen (secondary N) is 5. The Bertz CT molecular complexity index is 1370. The summed E-state index contributed by atoms with van der Waals surface area (Å²) in [5.74, 6) is -6.77. The van der Waals surface area contributed by atoms with Crippen LogP contribution in [0.25, 0.3) is 0 Å². The zero-order valence-electron chi connectivity index (χ0n) is 27.9. The molecule has 0 aliphatic carbocycles. The lowest BCUT2D eigenvalue weighted by molar-refractivity contribution is -0.147. The summed E-state index contributed by atoms with van der Waals surface area (Å²) in [5.41, 5.74) is 15.8. The van der Waals surface area contributed by atoms with E-state index < -0.39 is 103 Å². The first-order chi connectivity index (χ1) is 24.0. The molecule has 21 nitrogen and oxygen atoms in total. The van der Waals surface area contributed by atoms with Crippen LogP contribution in [0.3, 0.4) is 0 Å². The zero-order valence-corrected chi connectivity index (χ0v) is 28.8. The van der Waals surface area contributed by atoms with Gasteiger partial charge in [-0.05, 0) is 32.6 Å². The van der Waals surface area contributed by atoms with Gasteiger partial charge in [0, 0.05) is 25.3 Å². The summed E-state index contributed by atoms with van der Waals surface area (Å²) in [6, 6.07) is -8.81. The van der Waals surface area contributed by atoms with Crippen molar-refractivity contribution in [3.8, 4) is 12.3 Å². The van der Waals surface area contributed by atoms with Crippen molar-refractivity contribution in [2.24, 2.45) is 22.2 Å². The molecule has 1 aliphatic rings. The van der Waals surface area contributed by atoms with E-state index in [1.54, 1.807) is 0 Å². The van der Waals surface area contributed by atoms with E-state index in [2.05, 4.69) is 50.1 Å². The summed E-state index contributed by atoms with van der Waals surface area (Å²) in [6.07, 6.45) is 2.98. The molecule has 0 spiro atoms. The molecule has 1 aliphatic heterocycles. The Hall–Kier alpha value is -5.14. The number of carbonyl (C=O) groups is 8. The minimum absolute atomic E-state index is 0.0303. The number of likely N-dealkylation sites (tertiary alicyclic amines) is 1. The molecule has 1 fully saturated rings. The summed E-state index contributed by atoms with van der Waals surface area (Å²) in [6.45, 7) is 0.750. The number of aliphatic imine (C=N–C) groups is 1. The topological polar surface area (TPSA) is 351 Å². The van der Waals surface area contributed by atoms with Gasteiger partial charge in [-0.15, -0.1) is 12.3 Å². The number of hydrogen-bond donors (Lipinski definition) is 12. The number of carbonyl (C=O) groups excluding carboxylic acids is 6. The Labute approximate surface area is 298 Å². The molecule has 0 radical (unpaired) electrons. The Kier molecular flexibility index (Phi) is 18.8. The number of carboxylic acid groups (broad SMARTS) is 2. The molecule has 22 heteroatoms. The summed E-state index contributed by atoms with van der Waals surface area (Å²) in [4.78, 5) is 106. The van der Waals surface area contributed by atoms with E-state index in [4.69, 9.17) is 23.6 Å². The summed E-state index contributed by atoms with van der Waals surface area (Å²) in [5, 5.41) is 40.8. The molecule has 7 atom stereocenters. The molecular formula is C29H46N10O11S. The van der Waals surface area contributed by atoms with Crippen LogP contribution in [0, 0.1) is 12.3 Å². The third-order valence-corrected chi connectivity index (χ3v) is 7.79. The van der Waals surface area contributed by atoms with Crippen LogP contribution in [0.5, 0.6) is 0 Å². The van der Waals surface area contributed by atoms with Crippen molar-refractivity contribution in [3.63, 3.8) is 0 Å². The van der Waals surface area contributed by atoms with E-state index in [1.807, 2.05) is 0 Å². The average Bonchev–Trinajstić information content (AvgIpc) is 3.55. The summed E-state index contributed by atoms with van der Waals surface area (Å²) >= 11 is 4.04. The molecule has 14 N–H and O–H groups in total. The first-order valence-electron chi connectivity index (χ1n) is 15.7. The predicted molar refractivity (Wildman–Crippen MR) is 182 cm³/mol. The Morgan fingerprint density at radius 1 is 0.941 bits per heavy atom. The van der Waals surface area contributed by atoms with Crippen LogP contribution in [0.2, 0.25) is 0 Å². The molecule has 0 unspecified atom stereocenters. The van der Waals surface area contributed by atoms with E-state index >= 15 is 0 Å². The van der Waals surface area contributed by atoms with Crippen LogP contribution in [0.15, 0.2) is 4.99 Å². The average molecular weight is 743 g/mol. The van der Waals surface area contributed by atoms with E-state index in [0.29, 0.717) is 6.42 Å². The zero-order chi connectivity index (χ0) is 38.8. The highest BCUT2D eigenvalue weighted by atomic mass is 32.1. The second-order valence-electron chi connectivity index (χ2n) is 11.4. The van der Waals surface area contributed by atoms with Crippen molar-refractivity contribution in [1.29, 1.82) is 0 Å². The third kappa shape index (κ3) is 14.7. The maximum atomic E-state index is 13.6. The molecule has 0 saturated carbocycles. The lowest BCUT2D eigenvalue weighted by Gasteiger charge is -2.30. The number of hydrogen-bond acceptors (Lipinski definition) is 12. The minimum atomic E-state index is -1.78. The number of terminal acetylenes is 1. The summed E-state index contributed by atoms with van der Waals surface area (Å²) in [7, 11) is 0. The van der Waals surface area contributed by atoms with Crippen molar-refractivity contribution >= 4 is 66.0 Å². The second kappa shape index (κ2) is 21.8. The van der Waals surface area contributed by atoms with Gasteiger partial charge in [0.05, 0.1) is 19.1 Å². The number of nitrogens with zero attached hydrogens (tertiary/aromatic N) is 2. The first kappa shape index (κ1) is 43.9. The third-order valence-electron chi connectivity index (χ3n) is 7.43. The van der Waals surface area contributed by atoms with Gasteiger partial charge < -0.3 is 64.0 Å². The molecule has 1 heterocycles. The number of carboxylic acids is 2. The van der Waals surface area contributed by atoms with Crippen LogP contribution in [0.1, 0.15) is 45.4 Å². The number of thiol groups is 1. The molecule has 1 rings (SSSR count). The maximum Gasteiger partial charge on any atom is 0.326 e. The number of rotatable bonds is 21. The molecule has 0 bridgehead atoms. The highest BCUT2D eigenvalue weighted by Crippen LogP contribution is 2.20. The van der Waals surface area contributed by atoms with Crippen LogP contribution in [-0.2, 0) is 38.4 Å². The SMILES string of the molecule is C#CC[C@H](NC(=O)CN)C(=O)N[C@@H](CS)C(=O)N[C@H](C(=O)N[C@@H](CC(=O)O)C(=O)N1CCC[C@H]1C(=O)N[C@@H](CCCN=C(N)N)C(=O)O)[C@@H](C)O. The standard InChI is InChI=1S/C29H46N10O11S/c1-3-6-15(34-20(41)12-30)23(44)37-18(13-51)24(45)38-22(14(2)40)26(47)36-17(11-21(42)43)27(48)39-10-5-8-19(39)25(46)35-16(28(49)50)7-4-9-33-29(31)32/h1,14-19,22,40,51H,4-13,30H2,2H3,(H,34,41)(H,35,46)(H,36,47)(H,37,44)(H,38,45)(H,42,43)(H,49,50)(H4,31,32,33)/t14-,15+,16+,17+,18+,19+,22+/m1/s1. The fourth-order valence-electron chi connectivity index (χ4n) is 4.87. The number of amides is 6. The fourth-order valence-corrected chi connectivity index (χ4v) is 5.13. The molecule has 6 amide bonds. The van der Waals surface area contributed by atoms with Crippen LogP contribution in [-0.4, -0.2) is 141 Å². The second-order valence-corrected chi connectivity index (χ2v) is 11.8. The van der Waals surface area contributed by atoms with Gasteiger partial charge in [0.15, 0.2) is 5.96 Å². The van der Waals surface area contributed by atoms with E-state index in [-0.39, 0.29) is 50.5 Å². The van der Waals surface area contributed by atoms with Crippen molar-refractivity contribution in [2.45, 2.75) is 87.8 Å². The highest BCUT2D eigenvalue weighted by molar-refractivity contribution is 7.80. The normalized spacial score (nSPS) is 17.2. The van der Waals surface area contributed by atoms with Crippen molar-refractivity contribution in [1.82, 2.24) is 31.5 Å². The number of aliphatic carboxylic acids is 2. The number of nitrogens with two attached hydrogens (primary N) is 3. The molecule has 0 aromatic carbocycles. The van der Waals surface area contributed by atoms with Gasteiger partial charge in [0.25, 0.3) is 0 Å².